The van der Waals surface area contributed by atoms with E-state index in [0.717, 1.165) is 16.8 Å². The summed E-state index contributed by atoms with van der Waals surface area (Å²) in [5.41, 5.74) is 3.15. The van der Waals surface area contributed by atoms with Gasteiger partial charge in [-0.15, -0.1) is 0 Å². The quantitative estimate of drug-likeness (QED) is 0.329. The third-order valence-electron chi connectivity index (χ3n) is 5.04. The van der Waals surface area contributed by atoms with Crippen molar-refractivity contribution in [1.29, 1.82) is 0 Å². The van der Waals surface area contributed by atoms with Crippen molar-refractivity contribution in [3.8, 4) is 5.75 Å². The maximum absolute atomic E-state index is 12.4. The van der Waals surface area contributed by atoms with Gasteiger partial charge in [-0.3, -0.25) is 4.79 Å². The molecule has 3 aromatic rings. The smallest absolute Gasteiger partial charge is 0.335 e. The van der Waals surface area contributed by atoms with Gasteiger partial charge in [0.25, 0.3) is 0 Å². The van der Waals surface area contributed by atoms with Crippen molar-refractivity contribution in [3.63, 3.8) is 0 Å². The van der Waals surface area contributed by atoms with Gasteiger partial charge in [0.2, 0.25) is 5.91 Å². The molecule has 0 saturated heterocycles. The van der Waals surface area contributed by atoms with Gasteiger partial charge < -0.3 is 25.8 Å². The molecule has 4 N–H and O–H groups in total. The summed E-state index contributed by atoms with van der Waals surface area (Å²) in [5.74, 6) is -0.924. The van der Waals surface area contributed by atoms with Crippen molar-refractivity contribution in [2.24, 2.45) is 0 Å². The first-order chi connectivity index (χ1) is 16.7. The van der Waals surface area contributed by atoms with E-state index >= 15 is 0 Å². The molecule has 182 valence electrons. The number of carbonyl (C=O) groups is 3. The molecule has 3 amide bonds. The number of hydrogen-bond acceptors (Lipinski definition) is 4. The Hall–Kier alpha value is -4.04. The molecule has 0 saturated carbocycles. The number of hydrogen-bond donors (Lipinski definition) is 4. The van der Waals surface area contributed by atoms with E-state index in [1.54, 1.807) is 31.2 Å². The number of benzene rings is 3. The molecular weight excluding hydrogens is 470 g/mol. The lowest BCUT2D eigenvalue weighted by Crippen LogP contribution is -2.37. The summed E-state index contributed by atoms with van der Waals surface area (Å²) in [7, 11) is 0. The molecule has 9 heteroatoms. The predicted molar refractivity (Wildman–Crippen MR) is 135 cm³/mol. The van der Waals surface area contributed by atoms with Crippen molar-refractivity contribution >= 4 is 40.9 Å². The summed E-state index contributed by atoms with van der Waals surface area (Å²) < 4.78 is 5.60. The number of aromatic carboxylic acids is 1. The molecule has 0 aromatic heterocycles. The molecule has 0 heterocycles. The Morgan fingerprint density at radius 3 is 2.37 bits per heavy atom. The normalized spacial score (nSPS) is 11.3. The molecule has 0 aliphatic rings. The topological polar surface area (TPSA) is 117 Å². The van der Waals surface area contributed by atoms with Crippen LogP contribution in [0.5, 0.6) is 5.75 Å². The number of aryl methyl sites for hydroxylation is 1. The van der Waals surface area contributed by atoms with Crippen molar-refractivity contribution < 1.29 is 24.2 Å². The molecule has 3 rings (SSSR count). The summed E-state index contributed by atoms with van der Waals surface area (Å²) in [5, 5.41) is 17.6. The van der Waals surface area contributed by atoms with Gasteiger partial charge in [-0.2, -0.15) is 0 Å². The number of nitrogens with one attached hydrogen (secondary N) is 3. The maximum Gasteiger partial charge on any atom is 0.335 e. The number of anilines is 2. The Labute approximate surface area is 208 Å². The average Bonchev–Trinajstić information content (AvgIpc) is 2.81. The fourth-order valence-corrected chi connectivity index (χ4v) is 3.46. The van der Waals surface area contributed by atoms with Crippen LogP contribution in [0, 0.1) is 6.92 Å². The fraction of sp³-hybridized carbons (Fsp3) is 0.192. The summed E-state index contributed by atoms with van der Waals surface area (Å²) in [6.45, 7) is 3.87. The van der Waals surface area contributed by atoms with Gasteiger partial charge in [0.05, 0.1) is 23.0 Å². The molecule has 0 radical (unpaired) electrons. The molecule has 0 bridgehead atoms. The predicted octanol–water partition coefficient (Wildman–Crippen LogP) is 5.12. The lowest BCUT2D eigenvalue weighted by molar-refractivity contribution is -0.121. The van der Waals surface area contributed by atoms with Gasteiger partial charge in [-0.05, 0) is 61.4 Å². The number of ether oxygens (including phenoxy) is 1. The molecule has 0 aliphatic carbocycles. The molecule has 3 aromatic carbocycles. The van der Waals surface area contributed by atoms with E-state index in [0.29, 0.717) is 11.4 Å². The molecule has 0 unspecified atom stereocenters. The molecule has 0 fully saturated rings. The van der Waals surface area contributed by atoms with E-state index in [1.165, 1.54) is 18.2 Å². The van der Waals surface area contributed by atoms with Crippen LogP contribution in [-0.4, -0.2) is 35.7 Å². The maximum atomic E-state index is 12.4. The molecule has 0 spiro atoms. The van der Waals surface area contributed by atoms with Crippen molar-refractivity contribution in [1.82, 2.24) is 5.32 Å². The minimum Gasteiger partial charge on any atom is -0.490 e. The monoisotopic (exact) mass is 495 g/mol. The summed E-state index contributed by atoms with van der Waals surface area (Å²) in [6.07, 6.45) is 0.161. The van der Waals surface area contributed by atoms with Crippen molar-refractivity contribution in [3.05, 3.63) is 88.4 Å². The van der Waals surface area contributed by atoms with Crippen LogP contribution in [-0.2, 0) is 11.2 Å². The largest absolute Gasteiger partial charge is 0.490 e. The number of halogens is 1. The highest BCUT2D eigenvalue weighted by Gasteiger charge is 2.12. The zero-order valence-electron chi connectivity index (χ0n) is 19.3. The Morgan fingerprint density at radius 1 is 1.00 bits per heavy atom. The zero-order chi connectivity index (χ0) is 25.4. The fourth-order valence-electron chi connectivity index (χ4n) is 3.22. The van der Waals surface area contributed by atoms with Crippen LogP contribution < -0.4 is 20.7 Å². The zero-order valence-corrected chi connectivity index (χ0v) is 20.1. The Balaban J connectivity index is 1.44. The Bertz CT molecular complexity index is 1210. The number of rotatable bonds is 9. The van der Waals surface area contributed by atoms with Crippen LogP contribution in [0.3, 0.4) is 0 Å². The first-order valence-corrected chi connectivity index (χ1v) is 11.3. The first-order valence-electron chi connectivity index (χ1n) is 10.9. The number of carboxylic acids is 1. The van der Waals surface area contributed by atoms with Gasteiger partial charge in [-0.25, -0.2) is 9.59 Å². The number of carboxylic acid groups (broad SMARTS) is 1. The number of urea groups is 1. The van der Waals surface area contributed by atoms with E-state index in [2.05, 4.69) is 16.0 Å². The third kappa shape index (κ3) is 7.75. The molecule has 8 nitrogen and oxygen atoms in total. The highest BCUT2D eigenvalue weighted by atomic mass is 35.5. The van der Waals surface area contributed by atoms with Crippen LogP contribution in [0.2, 0.25) is 5.02 Å². The summed E-state index contributed by atoms with van der Waals surface area (Å²) in [6, 6.07) is 18.0. The second kappa shape index (κ2) is 11.9. The van der Waals surface area contributed by atoms with E-state index in [1.807, 2.05) is 31.2 Å². The molecule has 1 atom stereocenters. The van der Waals surface area contributed by atoms with Gasteiger partial charge in [0, 0.05) is 11.4 Å². The van der Waals surface area contributed by atoms with E-state index in [-0.39, 0.29) is 41.6 Å². The first kappa shape index (κ1) is 25.6. The van der Waals surface area contributed by atoms with Crippen LogP contribution in [0.1, 0.15) is 28.4 Å². The number of para-hydroxylation sites is 1. The van der Waals surface area contributed by atoms with Gasteiger partial charge >= 0.3 is 12.0 Å². The van der Waals surface area contributed by atoms with Crippen LogP contribution in [0.4, 0.5) is 16.2 Å². The SMILES string of the molecule is Cc1ccccc1NC(=O)Nc1ccc(CC(=O)N[C@@H](C)COc2ccc(C(=O)O)cc2Cl)cc1. The minimum atomic E-state index is -1.08. The Morgan fingerprint density at radius 2 is 1.71 bits per heavy atom. The standard InChI is InChI=1S/C26H26ClN3O5/c1-16-5-3-4-6-22(16)30-26(34)29-20-10-7-18(8-11-20)13-24(31)28-17(2)15-35-23-12-9-19(25(32)33)14-21(23)27/h3-12,14,17H,13,15H2,1-2H3,(H,28,31)(H,32,33)(H2,29,30,34)/t17-/m0/s1. The highest BCUT2D eigenvalue weighted by molar-refractivity contribution is 6.32. The van der Waals surface area contributed by atoms with Gasteiger partial charge in [0.15, 0.2) is 0 Å². The summed E-state index contributed by atoms with van der Waals surface area (Å²) in [4.78, 5) is 35.6. The third-order valence-corrected chi connectivity index (χ3v) is 5.34. The van der Waals surface area contributed by atoms with Crippen LogP contribution in [0.25, 0.3) is 0 Å². The van der Waals surface area contributed by atoms with E-state index in [4.69, 9.17) is 21.4 Å². The van der Waals surface area contributed by atoms with E-state index in [9.17, 15) is 14.4 Å². The van der Waals surface area contributed by atoms with Crippen molar-refractivity contribution in [2.75, 3.05) is 17.2 Å². The molecule has 35 heavy (non-hydrogen) atoms. The minimum absolute atomic E-state index is 0.0665. The second-order valence-electron chi connectivity index (χ2n) is 8.00. The van der Waals surface area contributed by atoms with Crippen molar-refractivity contribution in [2.45, 2.75) is 26.3 Å². The number of amides is 3. The van der Waals surface area contributed by atoms with E-state index < -0.39 is 5.97 Å². The lowest BCUT2D eigenvalue weighted by Gasteiger charge is -2.16. The second-order valence-corrected chi connectivity index (χ2v) is 8.40. The lowest BCUT2D eigenvalue weighted by atomic mass is 10.1. The Kier molecular flexibility index (Phi) is 8.69. The molecular formula is C26H26ClN3O5. The van der Waals surface area contributed by atoms with Gasteiger partial charge in [0.1, 0.15) is 12.4 Å². The highest BCUT2D eigenvalue weighted by Crippen LogP contribution is 2.25. The average molecular weight is 496 g/mol. The molecule has 0 aliphatic heterocycles. The number of carbonyl (C=O) groups excluding carboxylic acids is 2. The van der Waals surface area contributed by atoms with Gasteiger partial charge in [-0.1, -0.05) is 41.9 Å². The summed E-state index contributed by atoms with van der Waals surface area (Å²) >= 11 is 6.06. The van der Waals surface area contributed by atoms with Crippen LogP contribution in [0.15, 0.2) is 66.7 Å². The van der Waals surface area contributed by atoms with Crippen LogP contribution >= 0.6 is 11.6 Å².